The summed E-state index contributed by atoms with van der Waals surface area (Å²) in [4.78, 5) is 4.40. The Morgan fingerprint density at radius 2 is 2.03 bits per heavy atom. The number of nitrogen functional groups attached to an aromatic ring is 1. The molecule has 34 heavy (non-hydrogen) atoms. The highest BCUT2D eigenvalue weighted by Crippen LogP contribution is 2.39. The maximum Gasteiger partial charge on any atom is 0.144 e. The Morgan fingerprint density at radius 1 is 1.18 bits per heavy atom. The minimum atomic E-state index is -0.00986. The zero-order valence-electron chi connectivity index (χ0n) is 18.6. The third kappa shape index (κ3) is 4.07. The van der Waals surface area contributed by atoms with Crippen LogP contribution in [0.3, 0.4) is 0 Å². The molecule has 1 heterocycles. The van der Waals surface area contributed by atoms with Crippen molar-refractivity contribution in [2.45, 2.75) is 25.9 Å². The number of nitrogens with two attached hydrogens (primary N) is 1. The van der Waals surface area contributed by atoms with E-state index in [1.165, 1.54) is 17.3 Å². The lowest BCUT2D eigenvalue weighted by Gasteiger charge is -2.18. The number of aromatic nitrogens is 1. The molecule has 5 rings (SSSR count). The Hall–Kier alpha value is -3.95. The number of hydrogen-bond donors (Lipinski definition) is 2. The molecule has 3 N–H and O–H groups in total. The summed E-state index contributed by atoms with van der Waals surface area (Å²) in [6.45, 7) is 2.39. The summed E-state index contributed by atoms with van der Waals surface area (Å²) >= 11 is 6.59. The first-order valence-corrected chi connectivity index (χ1v) is 11.5. The first-order valence-electron chi connectivity index (χ1n) is 11.1. The summed E-state index contributed by atoms with van der Waals surface area (Å²) in [6.07, 6.45) is 3.45. The summed E-state index contributed by atoms with van der Waals surface area (Å²) in [5.74, 6) is 1.19. The molecule has 6 nitrogen and oxygen atoms in total. The molecular formula is C27H23ClN4O2. The van der Waals surface area contributed by atoms with Crippen LogP contribution in [0.15, 0.2) is 60.8 Å². The lowest BCUT2D eigenvalue weighted by molar-refractivity contribution is 0.208. The van der Waals surface area contributed by atoms with Crippen molar-refractivity contribution >= 4 is 39.6 Å². The summed E-state index contributed by atoms with van der Waals surface area (Å²) in [5.41, 5.74) is 11.6. The molecule has 0 saturated heterocycles. The number of nitrogens with zero attached hydrogens (tertiary/aromatic N) is 2. The normalized spacial score (nSPS) is 14.4. The first-order chi connectivity index (χ1) is 16.6. The highest BCUT2D eigenvalue weighted by Gasteiger charge is 2.24. The molecule has 0 spiro atoms. The van der Waals surface area contributed by atoms with Crippen LogP contribution in [0.2, 0.25) is 5.02 Å². The maximum absolute atomic E-state index is 9.67. The molecule has 0 radical (unpaired) electrons. The Labute approximate surface area is 202 Å². The van der Waals surface area contributed by atoms with Crippen molar-refractivity contribution in [3.8, 4) is 17.6 Å². The number of ether oxygens (including phenoxy) is 2. The zero-order valence-corrected chi connectivity index (χ0v) is 19.4. The van der Waals surface area contributed by atoms with Crippen LogP contribution >= 0.6 is 11.6 Å². The summed E-state index contributed by atoms with van der Waals surface area (Å²) in [7, 11) is 0. The number of nitriles is 1. The number of pyridine rings is 1. The van der Waals surface area contributed by atoms with Gasteiger partial charge in [0.15, 0.2) is 0 Å². The van der Waals surface area contributed by atoms with Crippen molar-refractivity contribution in [3.05, 3.63) is 82.5 Å². The molecule has 1 atom stereocenters. The number of hydrogen-bond acceptors (Lipinski definition) is 6. The fraction of sp³-hybridized carbons (Fsp3) is 0.185. The second-order valence-corrected chi connectivity index (χ2v) is 8.52. The first kappa shape index (κ1) is 21.9. The van der Waals surface area contributed by atoms with E-state index in [4.69, 9.17) is 26.8 Å². The fourth-order valence-corrected chi connectivity index (χ4v) is 4.57. The molecule has 0 amide bonds. The average molecular weight is 471 g/mol. The van der Waals surface area contributed by atoms with E-state index in [1.54, 1.807) is 18.2 Å². The van der Waals surface area contributed by atoms with Gasteiger partial charge in [0.1, 0.15) is 23.7 Å². The molecule has 0 unspecified atom stereocenters. The second-order valence-electron chi connectivity index (χ2n) is 8.11. The van der Waals surface area contributed by atoms with Gasteiger partial charge in [0.2, 0.25) is 0 Å². The molecule has 170 valence electrons. The topological polar surface area (TPSA) is 93.2 Å². The van der Waals surface area contributed by atoms with Crippen LogP contribution in [0.25, 0.3) is 10.9 Å². The van der Waals surface area contributed by atoms with Gasteiger partial charge >= 0.3 is 0 Å². The molecule has 7 heteroatoms. The van der Waals surface area contributed by atoms with Crippen LogP contribution in [0.1, 0.15) is 36.1 Å². The molecule has 0 bridgehead atoms. The number of aryl methyl sites for hydroxylation is 1. The third-order valence-electron chi connectivity index (χ3n) is 5.97. The van der Waals surface area contributed by atoms with Crippen molar-refractivity contribution in [1.29, 1.82) is 5.26 Å². The number of halogens is 1. The largest absolute Gasteiger partial charge is 0.492 e. The van der Waals surface area contributed by atoms with Crippen LogP contribution in [-0.2, 0) is 6.42 Å². The molecular weight excluding hydrogens is 448 g/mol. The van der Waals surface area contributed by atoms with Crippen molar-refractivity contribution in [3.63, 3.8) is 0 Å². The zero-order chi connectivity index (χ0) is 23.7. The number of anilines is 3. The van der Waals surface area contributed by atoms with Gasteiger partial charge in [-0.2, -0.15) is 5.26 Å². The van der Waals surface area contributed by atoms with E-state index >= 15 is 0 Å². The molecule has 1 aliphatic rings. The third-order valence-corrected chi connectivity index (χ3v) is 6.26. The van der Waals surface area contributed by atoms with E-state index in [0.717, 1.165) is 23.9 Å². The quantitative estimate of drug-likeness (QED) is 0.310. The lowest BCUT2D eigenvalue weighted by Crippen LogP contribution is -2.04. The highest BCUT2D eigenvalue weighted by atomic mass is 35.5. The predicted molar refractivity (Wildman–Crippen MR) is 135 cm³/mol. The number of fused-ring (bicyclic) bond motifs is 2. The lowest BCUT2D eigenvalue weighted by atomic mass is 10.1. The van der Waals surface area contributed by atoms with Gasteiger partial charge in [0, 0.05) is 23.3 Å². The van der Waals surface area contributed by atoms with E-state index in [1.807, 2.05) is 25.1 Å². The molecule has 4 aromatic rings. The van der Waals surface area contributed by atoms with Crippen molar-refractivity contribution in [1.82, 2.24) is 4.98 Å². The Balaban J connectivity index is 1.44. The van der Waals surface area contributed by atoms with E-state index in [-0.39, 0.29) is 6.10 Å². The monoisotopic (exact) mass is 470 g/mol. The van der Waals surface area contributed by atoms with Gasteiger partial charge in [-0.3, -0.25) is 4.98 Å². The second kappa shape index (κ2) is 9.12. The smallest absolute Gasteiger partial charge is 0.144 e. The Morgan fingerprint density at radius 3 is 2.82 bits per heavy atom. The van der Waals surface area contributed by atoms with Gasteiger partial charge in [-0.15, -0.1) is 0 Å². The van der Waals surface area contributed by atoms with Crippen LogP contribution < -0.4 is 20.5 Å². The minimum absolute atomic E-state index is 0.00986. The van der Waals surface area contributed by atoms with E-state index in [0.29, 0.717) is 45.6 Å². The van der Waals surface area contributed by atoms with E-state index < -0.39 is 0 Å². The number of rotatable bonds is 6. The van der Waals surface area contributed by atoms with Gasteiger partial charge in [0.25, 0.3) is 0 Å². The number of nitrogens with one attached hydrogen (secondary N) is 1. The molecule has 3 aromatic carbocycles. The van der Waals surface area contributed by atoms with Gasteiger partial charge in [-0.25, -0.2) is 0 Å². The number of benzene rings is 3. The van der Waals surface area contributed by atoms with Crippen LogP contribution in [-0.4, -0.2) is 11.6 Å². The predicted octanol–water partition coefficient (Wildman–Crippen LogP) is 6.55. The molecule has 0 fully saturated rings. The summed E-state index contributed by atoms with van der Waals surface area (Å²) in [5, 5.41) is 14.2. The maximum atomic E-state index is 9.67. The SMILES string of the molecule is CCOc1cc2ncc(C#N)c(Nc3ccc(O[C@H]4CCc5ccccc54)c(Cl)c3)c2cc1N. The molecule has 0 aliphatic heterocycles. The fourth-order valence-electron chi connectivity index (χ4n) is 4.35. The summed E-state index contributed by atoms with van der Waals surface area (Å²) in [6, 6.07) is 19.6. The van der Waals surface area contributed by atoms with E-state index in [9.17, 15) is 5.26 Å². The van der Waals surface area contributed by atoms with E-state index in [2.05, 4.69) is 34.6 Å². The summed E-state index contributed by atoms with van der Waals surface area (Å²) < 4.78 is 11.8. The Kier molecular flexibility index (Phi) is 5.87. The molecule has 1 aliphatic carbocycles. The minimum Gasteiger partial charge on any atom is -0.492 e. The average Bonchev–Trinajstić information content (AvgIpc) is 3.25. The highest BCUT2D eigenvalue weighted by molar-refractivity contribution is 6.32. The van der Waals surface area contributed by atoms with Gasteiger partial charge < -0.3 is 20.5 Å². The van der Waals surface area contributed by atoms with Crippen molar-refractivity contribution < 1.29 is 9.47 Å². The van der Waals surface area contributed by atoms with Crippen LogP contribution in [0.5, 0.6) is 11.5 Å². The van der Waals surface area contributed by atoms with Crippen LogP contribution in [0.4, 0.5) is 17.1 Å². The van der Waals surface area contributed by atoms with Gasteiger partial charge in [-0.1, -0.05) is 35.9 Å². The molecule has 1 aromatic heterocycles. The van der Waals surface area contributed by atoms with Crippen molar-refractivity contribution in [2.24, 2.45) is 0 Å². The standard InChI is InChI=1S/C27H23ClN4O2/c1-2-33-26-13-23-20(12-22(26)30)27(17(14-29)15-31-23)32-18-8-10-25(21(28)11-18)34-24-9-7-16-5-3-4-6-19(16)24/h3-6,8,10-13,15,24H,2,7,9,30H2,1H3,(H,31,32)/t24-/m0/s1. The molecule has 0 saturated carbocycles. The van der Waals surface area contributed by atoms with Gasteiger partial charge in [0.05, 0.1) is 34.1 Å². The van der Waals surface area contributed by atoms with Gasteiger partial charge in [-0.05, 0) is 55.2 Å². The van der Waals surface area contributed by atoms with Crippen molar-refractivity contribution in [2.75, 3.05) is 17.7 Å². The van der Waals surface area contributed by atoms with Crippen LogP contribution in [0, 0.1) is 11.3 Å². The Bertz CT molecular complexity index is 1430.